The lowest BCUT2D eigenvalue weighted by Gasteiger charge is -2.46. The van der Waals surface area contributed by atoms with Gasteiger partial charge in [-0.25, -0.2) is 0 Å². The highest BCUT2D eigenvalue weighted by atomic mass is 35.5. The molecule has 0 bridgehead atoms. The number of benzene rings is 3. The van der Waals surface area contributed by atoms with E-state index in [-0.39, 0.29) is 5.69 Å². The summed E-state index contributed by atoms with van der Waals surface area (Å²) in [4.78, 5) is 14.4. The van der Waals surface area contributed by atoms with Gasteiger partial charge in [-0.2, -0.15) is 13.2 Å². The van der Waals surface area contributed by atoms with E-state index in [0.29, 0.717) is 27.8 Å². The zero-order valence-corrected chi connectivity index (χ0v) is 18.4. The van der Waals surface area contributed by atoms with Crippen molar-refractivity contribution < 1.29 is 32.2 Å². The number of ether oxygens (including phenoxy) is 3. The fourth-order valence-corrected chi connectivity index (χ4v) is 3.84. The Hall–Kier alpha value is -3.39. The highest BCUT2D eigenvalue weighted by Gasteiger charge is 2.51. The Balaban J connectivity index is 1.75. The number of carbonyl (C=O) groups excluding carboxylic acids is 1. The van der Waals surface area contributed by atoms with Crippen molar-refractivity contribution in [1.82, 2.24) is 0 Å². The normalized spacial score (nSPS) is 18.0. The van der Waals surface area contributed by atoms with Crippen LogP contribution in [-0.4, -0.2) is 26.2 Å². The Morgan fingerprint density at radius 2 is 1.61 bits per heavy atom. The van der Waals surface area contributed by atoms with E-state index in [1.54, 1.807) is 42.5 Å². The second-order valence-electron chi connectivity index (χ2n) is 7.31. The maximum atomic E-state index is 13.3. The first-order valence-corrected chi connectivity index (χ1v) is 10.2. The van der Waals surface area contributed by atoms with Gasteiger partial charge in [-0.05, 0) is 60.2 Å². The lowest BCUT2D eigenvalue weighted by atomic mass is 9.89. The first-order valence-electron chi connectivity index (χ1n) is 9.87. The number of rotatable bonds is 6. The maximum Gasteiger partial charge on any atom is 0.416 e. The molecule has 2 atom stereocenters. The van der Waals surface area contributed by atoms with Gasteiger partial charge in [-0.3, -0.25) is 9.69 Å². The first-order chi connectivity index (χ1) is 15.7. The second kappa shape index (κ2) is 8.86. The van der Waals surface area contributed by atoms with E-state index in [2.05, 4.69) is 0 Å². The third-order valence-electron chi connectivity index (χ3n) is 5.32. The molecule has 1 amide bonds. The first kappa shape index (κ1) is 22.8. The van der Waals surface area contributed by atoms with Crippen molar-refractivity contribution in [2.24, 2.45) is 0 Å². The molecular formula is C24H19ClF3NO4. The molecule has 0 spiro atoms. The average molecular weight is 478 g/mol. The number of carbonyl (C=O) groups is 1. The molecule has 0 radical (unpaired) electrons. The van der Waals surface area contributed by atoms with Crippen molar-refractivity contribution in [3.05, 3.63) is 82.9 Å². The SMILES string of the molecule is COc1ccc(C2C(Oc3ccc(Cl)cc3)C(=O)N2c2cccc(C(F)(F)F)c2)cc1OC. The van der Waals surface area contributed by atoms with Crippen molar-refractivity contribution in [3.8, 4) is 17.2 Å². The Kier molecular flexibility index (Phi) is 6.12. The quantitative estimate of drug-likeness (QED) is 0.414. The summed E-state index contributed by atoms with van der Waals surface area (Å²) < 4.78 is 56.4. The van der Waals surface area contributed by atoms with Crippen LogP contribution in [0.15, 0.2) is 66.7 Å². The van der Waals surface area contributed by atoms with E-state index in [1.807, 2.05) is 0 Å². The number of halogens is 4. The van der Waals surface area contributed by atoms with Gasteiger partial charge in [0.05, 0.1) is 19.8 Å². The number of hydrogen-bond acceptors (Lipinski definition) is 4. The molecule has 1 saturated heterocycles. The molecule has 1 aliphatic rings. The molecule has 3 aromatic carbocycles. The van der Waals surface area contributed by atoms with Crippen LogP contribution in [0.1, 0.15) is 17.2 Å². The van der Waals surface area contributed by atoms with E-state index in [1.165, 1.54) is 31.3 Å². The van der Waals surface area contributed by atoms with E-state index >= 15 is 0 Å². The third-order valence-corrected chi connectivity index (χ3v) is 5.58. The summed E-state index contributed by atoms with van der Waals surface area (Å²) in [6, 6.07) is 15.5. The summed E-state index contributed by atoms with van der Waals surface area (Å²) in [6.07, 6.45) is -5.50. The zero-order valence-electron chi connectivity index (χ0n) is 17.6. The predicted octanol–water partition coefficient (Wildman–Crippen LogP) is 5.91. The summed E-state index contributed by atoms with van der Waals surface area (Å²) in [5, 5.41) is 0.504. The molecule has 5 nitrogen and oxygen atoms in total. The molecule has 3 aromatic rings. The number of alkyl halides is 3. The number of β-lactam (4-membered cyclic amide) rings is 1. The lowest BCUT2D eigenvalue weighted by molar-refractivity contribution is -0.138. The fraction of sp³-hybridized carbons (Fsp3) is 0.208. The van der Waals surface area contributed by atoms with Gasteiger partial charge in [0.2, 0.25) is 6.10 Å². The predicted molar refractivity (Wildman–Crippen MR) is 117 cm³/mol. The van der Waals surface area contributed by atoms with Crippen LogP contribution in [0.25, 0.3) is 0 Å². The van der Waals surface area contributed by atoms with Crippen LogP contribution in [0.5, 0.6) is 17.2 Å². The molecule has 1 heterocycles. The van der Waals surface area contributed by atoms with Gasteiger partial charge in [0.25, 0.3) is 5.91 Å². The molecule has 9 heteroatoms. The van der Waals surface area contributed by atoms with E-state index in [9.17, 15) is 18.0 Å². The molecule has 0 aromatic heterocycles. The van der Waals surface area contributed by atoms with Crippen molar-refractivity contribution in [1.29, 1.82) is 0 Å². The molecule has 172 valence electrons. The highest BCUT2D eigenvalue weighted by molar-refractivity contribution is 6.30. The molecule has 4 rings (SSSR count). The van der Waals surface area contributed by atoms with Crippen LogP contribution in [0.3, 0.4) is 0 Å². The van der Waals surface area contributed by atoms with Crippen LogP contribution in [0, 0.1) is 0 Å². The van der Waals surface area contributed by atoms with Gasteiger partial charge in [0.1, 0.15) is 11.8 Å². The maximum absolute atomic E-state index is 13.3. The minimum atomic E-state index is -4.54. The fourth-order valence-electron chi connectivity index (χ4n) is 3.72. The van der Waals surface area contributed by atoms with Crippen molar-refractivity contribution in [2.45, 2.75) is 18.3 Å². The third kappa shape index (κ3) is 4.43. The zero-order chi connectivity index (χ0) is 23.8. The van der Waals surface area contributed by atoms with Gasteiger partial charge in [0, 0.05) is 10.7 Å². The molecule has 1 aliphatic heterocycles. The second-order valence-corrected chi connectivity index (χ2v) is 7.74. The van der Waals surface area contributed by atoms with Crippen LogP contribution in [-0.2, 0) is 11.0 Å². The largest absolute Gasteiger partial charge is 0.493 e. The summed E-state index contributed by atoms with van der Waals surface area (Å²) >= 11 is 5.92. The van der Waals surface area contributed by atoms with Crippen molar-refractivity contribution in [3.63, 3.8) is 0 Å². The Labute approximate surface area is 193 Å². The van der Waals surface area contributed by atoms with Gasteiger partial charge in [-0.15, -0.1) is 0 Å². The number of methoxy groups -OCH3 is 2. The number of amides is 1. The lowest BCUT2D eigenvalue weighted by Crippen LogP contribution is -2.61. The summed E-state index contributed by atoms with van der Waals surface area (Å²) in [5.74, 6) is 0.840. The van der Waals surface area contributed by atoms with Gasteiger partial charge < -0.3 is 14.2 Å². The standard InChI is InChI=1S/C24H19ClF3NO4/c1-31-19-11-6-14(12-20(19)32-2)21-22(33-18-9-7-16(25)8-10-18)23(30)29(21)17-5-3-4-15(13-17)24(26,27)28/h3-13,21-22H,1-2H3. The van der Waals surface area contributed by atoms with Crippen LogP contribution < -0.4 is 19.1 Å². The number of nitrogens with zero attached hydrogens (tertiary/aromatic N) is 1. The van der Waals surface area contributed by atoms with Crippen LogP contribution >= 0.6 is 11.6 Å². The van der Waals surface area contributed by atoms with E-state index in [4.69, 9.17) is 25.8 Å². The molecule has 2 unspecified atom stereocenters. The molecular weight excluding hydrogens is 459 g/mol. The summed E-state index contributed by atoms with van der Waals surface area (Å²) in [6.45, 7) is 0. The van der Waals surface area contributed by atoms with Crippen molar-refractivity contribution in [2.75, 3.05) is 19.1 Å². The molecule has 0 saturated carbocycles. The average Bonchev–Trinajstić information content (AvgIpc) is 2.81. The Morgan fingerprint density at radius 3 is 2.24 bits per heavy atom. The Morgan fingerprint density at radius 1 is 0.909 bits per heavy atom. The van der Waals surface area contributed by atoms with Crippen LogP contribution in [0.4, 0.5) is 18.9 Å². The van der Waals surface area contributed by atoms with Gasteiger partial charge >= 0.3 is 6.18 Å². The van der Waals surface area contributed by atoms with Crippen LogP contribution in [0.2, 0.25) is 5.02 Å². The molecule has 33 heavy (non-hydrogen) atoms. The van der Waals surface area contributed by atoms with E-state index in [0.717, 1.165) is 12.1 Å². The molecule has 0 aliphatic carbocycles. The minimum Gasteiger partial charge on any atom is -0.493 e. The van der Waals surface area contributed by atoms with Gasteiger partial charge in [-0.1, -0.05) is 23.7 Å². The highest BCUT2D eigenvalue weighted by Crippen LogP contribution is 2.44. The molecule has 0 N–H and O–H groups in total. The Bertz CT molecular complexity index is 1170. The minimum absolute atomic E-state index is 0.116. The smallest absolute Gasteiger partial charge is 0.416 e. The summed E-state index contributed by atoms with van der Waals surface area (Å²) in [7, 11) is 2.96. The summed E-state index contributed by atoms with van der Waals surface area (Å²) in [5.41, 5.74) is -0.116. The van der Waals surface area contributed by atoms with E-state index < -0.39 is 29.8 Å². The van der Waals surface area contributed by atoms with Crippen molar-refractivity contribution >= 4 is 23.2 Å². The van der Waals surface area contributed by atoms with Gasteiger partial charge in [0.15, 0.2) is 11.5 Å². The topological polar surface area (TPSA) is 48.0 Å². The number of hydrogen-bond donors (Lipinski definition) is 0. The number of anilines is 1. The monoisotopic (exact) mass is 477 g/mol. The molecule has 1 fully saturated rings.